The molecule has 0 spiro atoms. The molecule has 10 heteroatoms. The Hall–Kier alpha value is -2.33. The highest BCUT2D eigenvalue weighted by Crippen LogP contribution is 2.34. The fourth-order valence-electron chi connectivity index (χ4n) is 4.70. The van der Waals surface area contributed by atoms with Crippen LogP contribution in [0, 0.1) is 11.8 Å². The van der Waals surface area contributed by atoms with Gasteiger partial charge in [0.1, 0.15) is 13.2 Å². The van der Waals surface area contributed by atoms with E-state index in [0.717, 1.165) is 19.3 Å². The Bertz CT molecular complexity index is 973. The van der Waals surface area contributed by atoms with Gasteiger partial charge in [0, 0.05) is 25.2 Å². The molecular weight excluding hydrogens is 448 g/mol. The Morgan fingerprint density at radius 2 is 1.76 bits per heavy atom. The minimum atomic E-state index is -3.71. The summed E-state index contributed by atoms with van der Waals surface area (Å²) in [6, 6.07) is 4.73. The zero-order valence-electron chi connectivity index (χ0n) is 19.0. The summed E-state index contributed by atoms with van der Waals surface area (Å²) in [6.45, 7) is 3.07. The van der Waals surface area contributed by atoms with Gasteiger partial charge in [-0.05, 0) is 43.7 Å². The van der Waals surface area contributed by atoms with Gasteiger partial charge in [0.25, 0.3) is 5.91 Å². The van der Waals surface area contributed by atoms with E-state index in [1.54, 1.807) is 6.07 Å². The Balaban J connectivity index is 1.26. The van der Waals surface area contributed by atoms with Crippen molar-refractivity contribution in [3.05, 3.63) is 18.2 Å². The van der Waals surface area contributed by atoms with Gasteiger partial charge in [-0.1, -0.05) is 19.8 Å². The highest BCUT2D eigenvalue weighted by molar-refractivity contribution is 7.89. The lowest BCUT2D eigenvalue weighted by molar-refractivity contribution is -0.154. The van der Waals surface area contributed by atoms with E-state index < -0.39 is 21.9 Å². The number of piperidine rings is 1. The maximum absolute atomic E-state index is 13.0. The van der Waals surface area contributed by atoms with E-state index in [4.69, 9.17) is 14.2 Å². The van der Waals surface area contributed by atoms with Crippen LogP contribution in [0.4, 0.5) is 0 Å². The number of nitrogens with zero attached hydrogens (tertiary/aromatic N) is 1. The van der Waals surface area contributed by atoms with Crippen molar-refractivity contribution in [3.63, 3.8) is 0 Å². The fourth-order valence-corrected chi connectivity index (χ4v) is 6.18. The molecule has 0 bridgehead atoms. The number of sulfonamides is 1. The molecule has 9 nitrogen and oxygen atoms in total. The number of esters is 1. The van der Waals surface area contributed by atoms with Gasteiger partial charge in [-0.25, -0.2) is 8.42 Å². The number of hydrogen-bond donors (Lipinski definition) is 1. The van der Waals surface area contributed by atoms with Crippen molar-refractivity contribution < 1.29 is 32.2 Å². The number of carbonyl (C=O) groups is 2. The van der Waals surface area contributed by atoms with Crippen LogP contribution in [0.3, 0.4) is 0 Å². The minimum Gasteiger partial charge on any atom is -0.486 e. The molecule has 1 aromatic rings. The number of benzene rings is 1. The van der Waals surface area contributed by atoms with E-state index in [9.17, 15) is 18.0 Å². The smallest absolute Gasteiger partial charge is 0.309 e. The number of nitrogens with one attached hydrogen (secondary N) is 1. The van der Waals surface area contributed by atoms with Crippen molar-refractivity contribution in [2.75, 3.05) is 32.9 Å². The molecule has 1 aromatic carbocycles. The summed E-state index contributed by atoms with van der Waals surface area (Å²) in [4.78, 5) is 24.8. The van der Waals surface area contributed by atoms with E-state index >= 15 is 0 Å². The van der Waals surface area contributed by atoms with Crippen LogP contribution >= 0.6 is 0 Å². The molecular formula is C23H32N2O7S. The van der Waals surface area contributed by atoms with E-state index in [2.05, 4.69) is 12.2 Å². The lowest BCUT2D eigenvalue weighted by Crippen LogP contribution is -2.44. The highest BCUT2D eigenvalue weighted by atomic mass is 32.2. The predicted octanol–water partition coefficient (Wildman–Crippen LogP) is 2.10. The molecule has 1 saturated heterocycles. The zero-order chi connectivity index (χ0) is 23.4. The van der Waals surface area contributed by atoms with Gasteiger partial charge < -0.3 is 19.5 Å². The number of amides is 1. The number of rotatable bonds is 6. The first-order valence-corrected chi connectivity index (χ1v) is 13.1. The van der Waals surface area contributed by atoms with Crippen LogP contribution in [-0.4, -0.2) is 63.6 Å². The van der Waals surface area contributed by atoms with Gasteiger partial charge in [0.2, 0.25) is 10.0 Å². The molecule has 2 atom stereocenters. The molecule has 2 fully saturated rings. The maximum atomic E-state index is 13.0. The van der Waals surface area contributed by atoms with Crippen molar-refractivity contribution in [2.24, 2.45) is 11.8 Å². The molecule has 0 radical (unpaired) electrons. The average Bonchev–Trinajstić information content (AvgIpc) is 2.83. The summed E-state index contributed by atoms with van der Waals surface area (Å²) in [5.74, 6) is 0.237. The normalized spacial score (nSPS) is 24.2. The first-order valence-electron chi connectivity index (χ1n) is 11.7. The summed E-state index contributed by atoms with van der Waals surface area (Å²) < 4.78 is 43.6. The van der Waals surface area contributed by atoms with E-state index in [1.807, 2.05) is 0 Å². The molecule has 1 N–H and O–H groups in total. The second-order valence-corrected chi connectivity index (χ2v) is 11.0. The largest absolute Gasteiger partial charge is 0.486 e. The van der Waals surface area contributed by atoms with Crippen LogP contribution in [0.2, 0.25) is 0 Å². The third-order valence-corrected chi connectivity index (χ3v) is 8.64. The van der Waals surface area contributed by atoms with Gasteiger partial charge >= 0.3 is 5.97 Å². The monoisotopic (exact) mass is 480 g/mol. The average molecular weight is 481 g/mol. The van der Waals surface area contributed by atoms with Crippen LogP contribution in [0.1, 0.15) is 45.4 Å². The Morgan fingerprint density at radius 3 is 2.48 bits per heavy atom. The summed E-state index contributed by atoms with van der Waals surface area (Å²) >= 11 is 0. The molecule has 0 aromatic heterocycles. The zero-order valence-corrected chi connectivity index (χ0v) is 19.8. The van der Waals surface area contributed by atoms with Crippen molar-refractivity contribution in [2.45, 2.75) is 56.4 Å². The Kier molecular flexibility index (Phi) is 7.43. The molecule has 2 unspecified atom stereocenters. The highest BCUT2D eigenvalue weighted by Gasteiger charge is 2.34. The SMILES string of the molecule is CC1CCCCC1NC(=O)COC(=O)C1CCN(S(=O)(=O)c2ccc3c(c2)OCCO3)CC1. The lowest BCUT2D eigenvalue weighted by Gasteiger charge is -2.31. The molecule has 182 valence electrons. The molecule has 4 rings (SSSR count). The van der Waals surface area contributed by atoms with Gasteiger partial charge in [-0.3, -0.25) is 9.59 Å². The Labute approximate surface area is 194 Å². The molecule has 1 aliphatic carbocycles. The van der Waals surface area contributed by atoms with Crippen LogP contribution in [0.5, 0.6) is 11.5 Å². The molecule has 33 heavy (non-hydrogen) atoms. The second-order valence-electron chi connectivity index (χ2n) is 9.03. The molecule has 1 amide bonds. The number of hydrogen-bond acceptors (Lipinski definition) is 7. The van der Waals surface area contributed by atoms with Gasteiger partial charge in [0.05, 0.1) is 10.8 Å². The molecule has 2 heterocycles. The topological polar surface area (TPSA) is 111 Å². The first-order chi connectivity index (χ1) is 15.8. The number of fused-ring (bicyclic) bond motifs is 1. The molecule has 2 aliphatic heterocycles. The fraction of sp³-hybridized carbons (Fsp3) is 0.652. The van der Waals surface area contributed by atoms with E-state index in [1.165, 1.54) is 22.9 Å². The maximum Gasteiger partial charge on any atom is 0.309 e. The van der Waals surface area contributed by atoms with Crippen LogP contribution in [-0.2, 0) is 24.3 Å². The van der Waals surface area contributed by atoms with Crippen LogP contribution in [0.25, 0.3) is 0 Å². The van der Waals surface area contributed by atoms with Crippen LogP contribution in [0.15, 0.2) is 23.1 Å². The number of ether oxygens (including phenoxy) is 3. The van der Waals surface area contributed by atoms with Crippen LogP contribution < -0.4 is 14.8 Å². The Morgan fingerprint density at radius 1 is 1.06 bits per heavy atom. The van der Waals surface area contributed by atoms with Crippen molar-refractivity contribution >= 4 is 21.9 Å². The molecule has 1 saturated carbocycles. The summed E-state index contributed by atoms with van der Waals surface area (Å²) in [7, 11) is -3.71. The van der Waals surface area contributed by atoms with Gasteiger partial charge in [-0.2, -0.15) is 4.31 Å². The molecule has 3 aliphatic rings. The van der Waals surface area contributed by atoms with Crippen molar-refractivity contribution in [3.8, 4) is 11.5 Å². The summed E-state index contributed by atoms with van der Waals surface area (Å²) in [5.41, 5.74) is 0. The summed E-state index contributed by atoms with van der Waals surface area (Å²) in [6.07, 6.45) is 5.04. The second kappa shape index (κ2) is 10.3. The van der Waals surface area contributed by atoms with Gasteiger partial charge in [0.15, 0.2) is 18.1 Å². The lowest BCUT2D eigenvalue weighted by atomic mass is 9.86. The van der Waals surface area contributed by atoms with E-state index in [0.29, 0.717) is 43.5 Å². The number of carbonyl (C=O) groups excluding carboxylic acids is 2. The van der Waals surface area contributed by atoms with Crippen molar-refractivity contribution in [1.82, 2.24) is 9.62 Å². The third-order valence-electron chi connectivity index (χ3n) is 6.74. The minimum absolute atomic E-state index is 0.138. The van der Waals surface area contributed by atoms with Crippen molar-refractivity contribution in [1.29, 1.82) is 0 Å². The quantitative estimate of drug-likeness (QED) is 0.621. The first kappa shape index (κ1) is 23.8. The van der Waals surface area contributed by atoms with Gasteiger partial charge in [-0.15, -0.1) is 0 Å². The van der Waals surface area contributed by atoms with E-state index in [-0.39, 0.29) is 36.5 Å². The standard InChI is InChI=1S/C23H32N2O7S/c1-16-4-2-3-5-19(16)24-22(26)15-32-23(27)17-8-10-25(11-9-17)33(28,29)18-6-7-20-21(14-18)31-13-12-30-20/h6-7,14,16-17,19H,2-5,8-13,15H2,1H3,(H,24,26). The summed E-state index contributed by atoms with van der Waals surface area (Å²) in [5, 5.41) is 2.97. The third kappa shape index (κ3) is 5.60. The predicted molar refractivity (Wildman–Crippen MR) is 119 cm³/mol.